The minimum atomic E-state index is -0.651. The molecule has 0 radical (unpaired) electrons. The van der Waals surface area contributed by atoms with Gasteiger partial charge in [0.2, 0.25) is 0 Å². The largest absolute Gasteiger partial charge is 0.385 e. The van der Waals surface area contributed by atoms with Crippen LogP contribution in [0.25, 0.3) is 0 Å². The van der Waals surface area contributed by atoms with Gasteiger partial charge in [0, 0.05) is 0 Å². The Bertz CT molecular complexity index is 362. The van der Waals surface area contributed by atoms with Crippen molar-refractivity contribution in [1.82, 2.24) is 0 Å². The maximum atomic E-state index is 10.9. The summed E-state index contributed by atoms with van der Waals surface area (Å²) in [6.07, 6.45) is 3.08. The second-order valence-electron chi connectivity index (χ2n) is 5.62. The molecule has 1 unspecified atom stereocenters. The van der Waals surface area contributed by atoms with E-state index in [4.69, 9.17) is 0 Å². The smallest absolute Gasteiger partial charge is 0.0947 e. The molecule has 0 spiro atoms. The molecule has 0 saturated carbocycles. The van der Waals surface area contributed by atoms with Crippen molar-refractivity contribution in [3.05, 3.63) is 35.4 Å². The molecule has 0 aromatic heterocycles. The summed E-state index contributed by atoms with van der Waals surface area (Å²) in [5.41, 5.74) is 1.72. The lowest BCUT2D eigenvalue weighted by Crippen LogP contribution is -2.42. The monoisotopic (exact) mass is 204 g/mol. The average molecular weight is 204 g/mol. The summed E-state index contributed by atoms with van der Waals surface area (Å²) < 4.78 is 0. The van der Waals surface area contributed by atoms with E-state index in [2.05, 4.69) is 39.0 Å². The molecule has 1 aromatic rings. The number of hydrogen-bond acceptors (Lipinski definition) is 1. The van der Waals surface area contributed by atoms with Crippen LogP contribution >= 0.6 is 0 Å². The van der Waals surface area contributed by atoms with Crippen LogP contribution in [0.3, 0.4) is 0 Å². The minimum Gasteiger partial charge on any atom is -0.385 e. The molecule has 0 bridgehead atoms. The fourth-order valence-electron chi connectivity index (χ4n) is 2.59. The molecule has 0 saturated heterocycles. The third-order valence-corrected chi connectivity index (χ3v) is 3.69. The molecule has 1 nitrogen and oxygen atoms in total. The molecule has 0 fully saturated rings. The van der Waals surface area contributed by atoms with Crippen molar-refractivity contribution in [1.29, 1.82) is 0 Å². The Hall–Kier alpha value is -0.820. The van der Waals surface area contributed by atoms with Crippen molar-refractivity contribution in [2.45, 2.75) is 45.6 Å². The van der Waals surface area contributed by atoms with Crippen LogP contribution < -0.4 is 0 Å². The lowest BCUT2D eigenvalue weighted by atomic mass is 9.65. The molecule has 0 heterocycles. The summed E-state index contributed by atoms with van der Waals surface area (Å²) in [7, 11) is 0. The summed E-state index contributed by atoms with van der Waals surface area (Å²) in [5, 5.41) is 10.9. The van der Waals surface area contributed by atoms with Crippen molar-refractivity contribution in [3.8, 4) is 0 Å². The summed E-state index contributed by atoms with van der Waals surface area (Å²) in [6.45, 7) is 6.36. The Labute approximate surface area is 92.1 Å². The van der Waals surface area contributed by atoms with Gasteiger partial charge in [-0.05, 0) is 35.8 Å². The molecule has 1 aliphatic carbocycles. The van der Waals surface area contributed by atoms with E-state index in [-0.39, 0.29) is 5.41 Å². The lowest BCUT2D eigenvalue weighted by molar-refractivity contribution is -0.0775. The van der Waals surface area contributed by atoms with Gasteiger partial charge in [0.05, 0.1) is 5.60 Å². The van der Waals surface area contributed by atoms with Crippen LogP contribution in [0.5, 0.6) is 0 Å². The van der Waals surface area contributed by atoms with Crippen LogP contribution in [0.2, 0.25) is 0 Å². The van der Waals surface area contributed by atoms with E-state index >= 15 is 0 Å². The number of benzene rings is 1. The van der Waals surface area contributed by atoms with E-state index in [0.29, 0.717) is 0 Å². The highest BCUT2D eigenvalue weighted by Crippen LogP contribution is 2.46. The standard InChI is InChI=1S/C14H20O/c1-13(2,3)14(15)10-6-8-11-7-4-5-9-12(11)14/h4-5,7,9,15H,6,8,10H2,1-3H3. The van der Waals surface area contributed by atoms with E-state index in [1.165, 1.54) is 5.56 Å². The van der Waals surface area contributed by atoms with Crippen molar-refractivity contribution in [2.75, 3.05) is 0 Å². The first-order valence-corrected chi connectivity index (χ1v) is 5.76. The van der Waals surface area contributed by atoms with Crippen LogP contribution in [-0.2, 0) is 12.0 Å². The fraction of sp³-hybridized carbons (Fsp3) is 0.571. The topological polar surface area (TPSA) is 20.2 Å². The molecule has 1 N–H and O–H groups in total. The van der Waals surface area contributed by atoms with Crippen molar-refractivity contribution < 1.29 is 5.11 Å². The predicted molar refractivity (Wildman–Crippen MR) is 62.7 cm³/mol. The first-order valence-electron chi connectivity index (χ1n) is 5.76. The second-order valence-corrected chi connectivity index (χ2v) is 5.62. The molecule has 1 aliphatic rings. The van der Waals surface area contributed by atoms with E-state index in [1.54, 1.807) is 0 Å². The zero-order valence-electron chi connectivity index (χ0n) is 9.88. The van der Waals surface area contributed by atoms with E-state index < -0.39 is 5.60 Å². The van der Waals surface area contributed by atoms with E-state index in [9.17, 15) is 5.11 Å². The number of fused-ring (bicyclic) bond motifs is 1. The second kappa shape index (κ2) is 3.34. The summed E-state index contributed by atoms with van der Waals surface area (Å²) >= 11 is 0. The average Bonchev–Trinajstić information content (AvgIpc) is 2.17. The van der Waals surface area contributed by atoms with Gasteiger partial charge in [0.15, 0.2) is 0 Å². The summed E-state index contributed by atoms with van der Waals surface area (Å²) in [6, 6.07) is 8.32. The van der Waals surface area contributed by atoms with E-state index in [1.807, 2.05) is 6.07 Å². The van der Waals surface area contributed by atoms with Crippen LogP contribution in [0.4, 0.5) is 0 Å². The Balaban J connectivity index is 2.55. The molecule has 0 aliphatic heterocycles. The van der Waals surface area contributed by atoms with Crippen LogP contribution in [0.1, 0.15) is 44.7 Å². The molecule has 0 amide bonds. The van der Waals surface area contributed by atoms with Gasteiger partial charge >= 0.3 is 0 Å². The zero-order chi connectivity index (χ0) is 11.1. The van der Waals surface area contributed by atoms with Gasteiger partial charge in [0.1, 0.15) is 0 Å². The number of aliphatic hydroxyl groups is 1. The minimum absolute atomic E-state index is 0.0937. The van der Waals surface area contributed by atoms with Gasteiger partial charge in [-0.15, -0.1) is 0 Å². The third kappa shape index (κ3) is 1.59. The van der Waals surface area contributed by atoms with Gasteiger partial charge < -0.3 is 5.11 Å². The first-order chi connectivity index (χ1) is 6.95. The molecule has 15 heavy (non-hydrogen) atoms. The number of aryl methyl sites for hydroxylation is 1. The number of hydrogen-bond donors (Lipinski definition) is 1. The van der Waals surface area contributed by atoms with Gasteiger partial charge in [-0.25, -0.2) is 0 Å². The normalized spacial score (nSPS) is 26.1. The number of rotatable bonds is 0. The van der Waals surface area contributed by atoms with Crippen molar-refractivity contribution >= 4 is 0 Å². The quantitative estimate of drug-likeness (QED) is 0.687. The Morgan fingerprint density at radius 1 is 1.20 bits per heavy atom. The summed E-state index contributed by atoms with van der Waals surface area (Å²) in [5.74, 6) is 0. The molecule has 1 heteroatoms. The Kier molecular flexibility index (Phi) is 2.38. The molecular weight excluding hydrogens is 184 g/mol. The first kappa shape index (κ1) is 10.7. The summed E-state index contributed by atoms with van der Waals surface area (Å²) in [4.78, 5) is 0. The highest BCUT2D eigenvalue weighted by atomic mass is 16.3. The van der Waals surface area contributed by atoms with Crippen LogP contribution in [0, 0.1) is 5.41 Å². The molecular formula is C14H20O. The molecule has 1 aromatic carbocycles. The van der Waals surface area contributed by atoms with Gasteiger partial charge in [-0.2, -0.15) is 0 Å². The third-order valence-electron chi connectivity index (χ3n) is 3.69. The predicted octanol–water partition coefficient (Wildman–Crippen LogP) is 3.26. The van der Waals surface area contributed by atoms with E-state index in [0.717, 1.165) is 24.8 Å². The van der Waals surface area contributed by atoms with Crippen LogP contribution in [-0.4, -0.2) is 5.11 Å². The maximum absolute atomic E-state index is 10.9. The Morgan fingerprint density at radius 2 is 1.87 bits per heavy atom. The van der Waals surface area contributed by atoms with Crippen LogP contribution in [0.15, 0.2) is 24.3 Å². The highest BCUT2D eigenvalue weighted by molar-refractivity contribution is 5.36. The van der Waals surface area contributed by atoms with Gasteiger partial charge in [-0.3, -0.25) is 0 Å². The molecule has 82 valence electrons. The van der Waals surface area contributed by atoms with Gasteiger partial charge in [0.25, 0.3) is 0 Å². The zero-order valence-corrected chi connectivity index (χ0v) is 9.88. The molecule has 1 atom stereocenters. The lowest BCUT2D eigenvalue weighted by Gasteiger charge is -2.44. The highest BCUT2D eigenvalue weighted by Gasteiger charge is 2.43. The fourth-order valence-corrected chi connectivity index (χ4v) is 2.59. The maximum Gasteiger partial charge on any atom is 0.0947 e. The van der Waals surface area contributed by atoms with Crippen molar-refractivity contribution in [2.24, 2.45) is 5.41 Å². The van der Waals surface area contributed by atoms with Crippen molar-refractivity contribution in [3.63, 3.8) is 0 Å². The Morgan fingerprint density at radius 3 is 2.53 bits per heavy atom. The molecule has 2 rings (SSSR count). The SMILES string of the molecule is CC(C)(C)C1(O)CCCc2ccccc21. The van der Waals surface area contributed by atoms with Gasteiger partial charge in [-0.1, -0.05) is 45.0 Å².